The van der Waals surface area contributed by atoms with Crippen molar-refractivity contribution in [3.63, 3.8) is 0 Å². The minimum absolute atomic E-state index is 0.0785. The van der Waals surface area contributed by atoms with Gasteiger partial charge in [0.25, 0.3) is 0 Å². The largest absolute Gasteiger partial charge is 0.508 e. The van der Waals surface area contributed by atoms with Crippen molar-refractivity contribution in [1.82, 2.24) is 0 Å². The molecule has 96 valence electrons. The van der Waals surface area contributed by atoms with E-state index in [0.717, 1.165) is 15.8 Å². The van der Waals surface area contributed by atoms with Crippen molar-refractivity contribution in [3.8, 4) is 22.1 Å². The Kier molecular flexibility index (Phi) is 2.57. The predicted octanol–water partition coefficient (Wildman–Crippen LogP) is 3.24. The zero-order valence-electron chi connectivity index (χ0n) is 10.0. The minimum atomic E-state index is -0.334. The van der Waals surface area contributed by atoms with Crippen LogP contribution < -0.4 is 5.43 Å². The van der Waals surface area contributed by atoms with Crippen LogP contribution in [0, 0.1) is 6.92 Å². The number of hydrogen-bond acceptors (Lipinski definition) is 5. The molecule has 0 unspecified atom stereocenters. The number of rotatable bonds is 1. The van der Waals surface area contributed by atoms with E-state index in [1.54, 1.807) is 0 Å². The fourth-order valence-electron chi connectivity index (χ4n) is 1.94. The van der Waals surface area contributed by atoms with Crippen molar-refractivity contribution in [3.05, 3.63) is 45.4 Å². The number of hydrogen-bond donors (Lipinski definition) is 2. The molecule has 1 aromatic carbocycles. The van der Waals surface area contributed by atoms with Gasteiger partial charge < -0.3 is 14.6 Å². The van der Waals surface area contributed by atoms with Gasteiger partial charge >= 0.3 is 0 Å². The Balaban J connectivity index is 2.33. The van der Waals surface area contributed by atoms with Crippen LogP contribution in [0.2, 0.25) is 0 Å². The SMILES string of the molecule is Cc1ccc(-c2cc(=O)c3c(O)cc(O)cc3o2)s1. The lowest BCUT2D eigenvalue weighted by Crippen LogP contribution is -2.00. The highest BCUT2D eigenvalue weighted by Gasteiger charge is 2.12. The maximum Gasteiger partial charge on any atom is 0.197 e. The van der Waals surface area contributed by atoms with Crippen LogP contribution in [-0.2, 0) is 0 Å². The highest BCUT2D eigenvalue weighted by atomic mass is 32.1. The first-order valence-electron chi connectivity index (χ1n) is 5.61. The topological polar surface area (TPSA) is 70.7 Å². The van der Waals surface area contributed by atoms with Crippen molar-refractivity contribution in [1.29, 1.82) is 0 Å². The van der Waals surface area contributed by atoms with E-state index in [9.17, 15) is 15.0 Å². The van der Waals surface area contributed by atoms with Crippen molar-refractivity contribution < 1.29 is 14.6 Å². The fraction of sp³-hybridized carbons (Fsp3) is 0.0714. The molecule has 0 bridgehead atoms. The molecule has 0 aliphatic rings. The lowest BCUT2D eigenvalue weighted by Gasteiger charge is -2.03. The maximum absolute atomic E-state index is 12.0. The highest BCUT2D eigenvalue weighted by Crippen LogP contribution is 2.32. The van der Waals surface area contributed by atoms with Crippen LogP contribution in [0.3, 0.4) is 0 Å². The van der Waals surface area contributed by atoms with Gasteiger partial charge in [0, 0.05) is 23.1 Å². The van der Waals surface area contributed by atoms with Gasteiger partial charge in [-0.15, -0.1) is 11.3 Å². The van der Waals surface area contributed by atoms with E-state index in [2.05, 4.69) is 0 Å². The molecule has 0 saturated heterocycles. The Hall–Kier alpha value is -2.27. The van der Waals surface area contributed by atoms with Gasteiger partial charge in [0.15, 0.2) is 5.43 Å². The predicted molar refractivity (Wildman–Crippen MR) is 73.9 cm³/mol. The molecule has 2 aromatic heterocycles. The lowest BCUT2D eigenvalue weighted by molar-refractivity contribution is 0.452. The molecule has 4 nitrogen and oxygen atoms in total. The van der Waals surface area contributed by atoms with Crippen LogP contribution >= 0.6 is 11.3 Å². The molecule has 2 N–H and O–H groups in total. The minimum Gasteiger partial charge on any atom is -0.508 e. The summed E-state index contributed by atoms with van der Waals surface area (Å²) < 4.78 is 5.59. The highest BCUT2D eigenvalue weighted by molar-refractivity contribution is 7.15. The van der Waals surface area contributed by atoms with Crippen LogP contribution in [0.15, 0.2) is 39.5 Å². The number of fused-ring (bicyclic) bond motifs is 1. The Morgan fingerprint density at radius 2 is 1.95 bits per heavy atom. The second-order valence-corrected chi connectivity index (χ2v) is 5.51. The molecule has 2 heterocycles. The summed E-state index contributed by atoms with van der Waals surface area (Å²) in [6.07, 6.45) is 0. The molecule has 3 aromatic rings. The molecule has 0 amide bonds. The van der Waals surface area contributed by atoms with Crippen molar-refractivity contribution in [2.45, 2.75) is 6.92 Å². The first-order valence-corrected chi connectivity index (χ1v) is 6.43. The summed E-state index contributed by atoms with van der Waals surface area (Å²) in [5, 5.41) is 19.2. The van der Waals surface area contributed by atoms with Crippen molar-refractivity contribution in [2.24, 2.45) is 0 Å². The fourth-order valence-corrected chi connectivity index (χ4v) is 2.76. The van der Waals surface area contributed by atoms with Crippen LogP contribution in [0.25, 0.3) is 21.6 Å². The molecule has 19 heavy (non-hydrogen) atoms. The van der Waals surface area contributed by atoms with Gasteiger partial charge in [-0.25, -0.2) is 0 Å². The van der Waals surface area contributed by atoms with Gasteiger partial charge in [-0.2, -0.15) is 0 Å². The molecule has 0 radical (unpaired) electrons. The first-order chi connectivity index (χ1) is 9.04. The Morgan fingerprint density at radius 3 is 2.63 bits per heavy atom. The van der Waals surface area contributed by atoms with E-state index >= 15 is 0 Å². The standard InChI is InChI=1S/C14H10O4S/c1-7-2-3-13(19-7)11-6-10(17)14-9(16)4-8(15)5-12(14)18-11/h2-6,15-16H,1H3. The molecule has 5 heteroatoms. The second kappa shape index (κ2) is 4.13. The van der Waals surface area contributed by atoms with E-state index in [4.69, 9.17) is 4.42 Å². The zero-order chi connectivity index (χ0) is 13.6. The van der Waals surface area contributed by atoms with Gasteiger partial charge in [-0.1, -0.05) is 0 Å². The third-order valence-electron chi connectivity index (χ3n) is 2.78. The lowest BCUT2D eigenvalue weighted by atomic mass is 10.2. The molecule has 0 aliphatic heterocycles. The number of phenols is 2. The summed E-state index contributed by atoms with van der Waals surface area (Å²) in [5.74, 6) is 0.00548. The average Bonchev–Trinajstić information content (AvgIpc) is 2.74. The third kappa shape index (κ3) is 1.98. The van der Waals surface area contributed by atoms with Crippen LogP contribution in [0.4, 0.5) is 0 Å². The van der Waals surface area contributed by atoms with Crippen LogP contribution in [-0.4, -0.2) is 10.2 Å². The summed E-state index contributed by atoms with van der Waals surface area (Å²) in [7, 11) is 0. The van der Waals surface area contributed by atoms with Crippen LogP contribution in [0.5, 0.6) is 11.5 Å². The van der Waals surface area contributed by atoms with E-state index in [-0.39, 0.29) is 27.9 Å². The van der Waals surface area contributed by atoms with Crippen molar-refractivity contribution in [2.75, 3.05) is 0 Å². The Morgan fingerprint density at radius 1 is 1.16 bits per heavy atom. The van der Waals surface area contributed by atoms with E-state index in [1.807, 2.05) is 19.1 Å². The van der Waals surface area contributed by atoms with Crippen molar-refractivity contribution >= 4 is 22.3 Å². The molecular formula is C14H10O4S. The molecular weight excluding hydrogens is 264 g/mol. The van der Waals surface area contributed by atoms with Gasteiger partial charge in [0.2, 0.25) is 0 Å². The van der Waals surface area contributed by atoms with E-state index in [0.29, 0.717) is 5.76 Å². The average molecular weight is 274 g/mol. The Bertz CT molecular complexity index is 829. The summed E-state index contributed by atoms with van der Waals surface area (Å²) >= 11 is 1.51. The van der Waals surface area contributed by atoms with E-state index in [1.165, 1.54) is 23.5 Å². The summed E-state index contributed by atoms with van der Waals surface area (Å²) in [4.78, 5) is 14.0. The number of aromatic hydroxyl groups is 2. The molecule has 0 fully saturated rings. The quantitative estimate of drug-likeness (QED) is 0.714. The second-order valence-electron chi connectivity index (χ2n) is 4.22. The normalized spacial score (nSPS) is 11.0. The smallest absolute Gasteiger partial charge is 0.197 e. The number of thiophene rings is 1. The third-order valence-corrected chi connectivity index (χ3v) is 3.79. The van der Waals surface area contributed by atoms with Gasteiger partial charge in [0.05, 0.1) is 4.88 Å². The molecule has 0 saturated carbocycles. The number of aryl methyl sites for hydroxylation is 1. The maximum atomic E-state index is 12.0. The van der Waals surface area contributed by atoms with Gasteiger partial charge in [0.1, 0.15) is 28.2 Å². The zero-order valence-corrected chi connectivity index (χ0v) is 10.8. The molecule has 3 rings (SSSR count). The number of benzene rings is 1. The summed E-state index contributed by atoms with van der Waals surface area (Å²) in [5.41, 5.74) is -0.161. The molecule has 0 atom stereocenters. The molecule has 0 aliphatic carbocycles. The van der Waals surface area contributed by atoms with Gasteiger partial charge in [-0.3, -0.25) is 4.79 Å². The monoisotopic (exact) mass is 274 g/mol. The first kappa shape index (κ1) is 11.8. The summed E-state index contributed by atoms with van der Waals surface area (Å²) in [6.45, 7) is 1.96. The van der Waals surface area contributed by atoms with Gasteiger partial charge in [-0.05, 0) is 19.1 Å². The Labute approximate surface area is 112 Å². The van der Waals surface area contributed by atoms with E-state index < -0.39 is 0 Å². The molecule has 0 spiro atoms. The number of phenolic OH excluding ortho intramolecular Hbond substituents is 2. The summed E-state index contributed by atoms with van der Waals surface area (Å²) in [6, 6.07) is 7.59. The van der Waals surface area contributed by atoms with Crippen LogP contribution in [0.1, 0.15) is 4.88 Å².